The number of aromatic nitrogens is 2. The van der Waals surface area contributed by atoms with Gasteiger partial charge in [-0.25, -0.2) is 4.79 Å². The smallest absolute Gasteiger partial charge is 0.315 e. The van der Waals surface area contributed by atoms with E-state index < -0.39 is 6.03 Å². The number of methoxy groups -OCH3 is 1. The second-order valence-corrected chi connectivity index (χ2v) is 5.05. The molecule has 2 aromatic rings. The van der Waals surface area contributed by atoms with Gasteiger partial charge in [0, 0.05) is 31.1 Å². The summed E-state index contributed by atoms with van der Waals surface area (Å²) in [5.41, 5.74) is 1.56. The van der Waals surface area contributed by atoms with Gasteiger partial charge in [-0.2, -0.15) is 5.10 Å². The van der Waals surface area contributed by atoms with Gasteiger partial charge in [0.25, 0.3) is 0 Å². The number of anilines is 1. The monoisotopic (exact) mass is 331 g/mol. The second kappa shape index (κ2) is 9.31. The van der Waals surface area contributed by atoms with Crippen LogP contribution in [0.1, 0.15) is 5.56 Å². The lowest BCUT2D eigenvalue weighted by Gasteiger charge is -2.07. The van der Waals surface area contributed by atoms with Crippen molar-refractivity contribution >= 4 is 17.6 Å². The van der Waals surface area contributed by atoms with Gasteiger partial charge >= 0.3 is 6.03 Å². The Balaban J connectivity index is 1.66. The van der Waals surface area contributed by atoms with Crippen LogP contribution < -0.4 is 16.0 Å². The van der Waals surface area contributed by atoms with Crippen molar-refractivity contribution < 1.29 is 14.3 Å². The van der Waals surface area contributed by atoms with Crippen LogP contribution in [0.3, 0.4) is 0 Å². The molecule has 0 aliphatic rings. The van der Waals surface area contributed by atoms with E-state index in [1.807, 2.05) is 24.4 Å². The van der Waals surface area contributed by atoms with Crippen molar-refractivity contribution in [3.8, 4) is 0 Å². The molecule has 0 saturated carbocycles. The number of amides is 3. The van der Waals surface area contributed by atoms with E-state index in [0.717, 1.165) is 5.56 Å². The fourth-order valence-electron chi connectivity index (χ4n) is 1.94. The molecular weight excluding hydrogens is 310 g/mol. The number of para-hydroxylation sites is 1. The summed E-state index contributed by atoms with van der Waals surface area (Å²) in [4.78, 5) is 23.4. The van der Waals surface area contributed by atoms with Crippen LogP contribution in [0, 0.1) is 0 Å². The molecule has 0 radical (unpaired) electrons. The zero-order chi connectivity index (χ0) is 17.2. The average Bonchev–Trinajstić information content (AvgIpc) is 3.05. The van der Waals surface area contributed by atoms with E-state index in [4.69, 9.17) is 4.74 Å². The van der Waals surface area contributed by atoms with Gasteiger partial charge in [-0.3, -0.25) is 9.48 Å². The van der Waals surface area contributed by atoms with E-state index in [2.05, 4.69) is 21.0 Å². The summed E-state index contributed by atoms with van der Waals surface area (Å²) in [7, 11) is 1.63. The molecule has 0 spiro atoms. The zero-order valence-corrected chi connectivity index (χ0v) is 13.5. The van der Waals surface area contributed by atoms with Crippen LogP contribution in [-0.4, -0.2) is 42.0 Å². The Hall–Kier alpha value is -2.87. The number of ether oxygens (including phenoxy) is 1. The van der Waals surface area contributed by atoms with Crippen molar-refractivity contribution in [1.29, 1.82) is 0 Å². The molecule has 0 aliphatic carbocycles. The van der Waals surface area contributed by atoms with E-state index in [1.54, 1.807) is 30.1 Å². The van der Waals surface area contributed by atoms with E-state index in [9.17, 15) is 9.59 Å². The number of hydrogen-bond donors (Lipinski definition) is 3. The highest BCUT2D eigenvalue weighted by atomic mass is 16.5. The molecule has 2 rings (SSSR count). The first kappa shape index (κ1) is 17.5. The molecule has 8 heteroatoms. The average molecular weight is 331 g/mol. The molecule has 0 bridgehead atoms. The minimum absolute atomic E-state index is 0.103. The lowest BCUT2D eigenvalue weighted by Crippen LogP contribution is -2.39. The minimum Gasteiger partial charge on any atom is -0.383 e. The molecule has 3 N–H and O–H groups in total. The minimum atomic E-state index is -0.414. The third-order valence-electron chi connectivity index (χ3n) is 3.13. The van der Waals surface area contributed by atoms with Crippen LogP contribution in [-0.2, 0) is 22.6 Å². The van der Waals surface area contributed by atoms with Crippen molar-refractivity contribution in [2.75, 3.05) is 25.6 Å². The Bertz CT molecular complexity index is 657. The number of nitrogens with one attached hydrogen (secondary N) is 3. The molecule has 0 unspecified atom stereocenters. The third-order valence-corrected chi connectivity index (χ3v) is 3.13. The Morgan fingerprint density at radius 2 is 2.00 bits per heavy atom. The fourth-order valence-corrected chi connectivity index (χ4v) is 1.94. The normalized spacial score (nSPS) is 10.2. The number of carbonyl (C=O) groups is 2. The Kier molecular flexibility index (Phi) is 6.78. The van der Waals surface area contributed by atoms with Crippen molar-refractivity contribution in [1.82, 2.24) is 20.4 Å². The van der Waals surface area contributed by atoms with Gasteiger partial charge in [-0.05, 0) is 12.1 Å². The predicted molar refractivity (Wildman–Crippen MR) is 89.4 cm³/mol. The molecule has 1 heterocycles. The fraction of sp³-hybridized carbons (Fsp3) is 0.312. The maximum Gasteiger partial charge on any atom is 0.315 e. The summed E-state index contributed by atoms with van der Waals surface area (Å²) in [5, 5.41) is 12.0. The molecule has 1 aromatic heterocycles. The van der Waals surface area contributed by atoms with Crippen LogP contribution in [0.4, 0.5) is 10.5 Å². The van der Waals surface area contributed by atoms with Gasteiger partial charge in [0.1, 0.15) is 0 Å². The van der Waals surface area contributed by atoms with E-state index in [-0.39, 0.29) is 12.5 Å². The van der Waals surface area contributed by atoms with Crippen molar-refractivity contribution in [2.24, 2.45) is 0 Å². The molecule has 0 fully saturated rings. The topological polar surface area (TPSA) is 97.3 Å². The van der Waals surface area contributed by atoms with Gasteiger partial charge in [0.05, 0.1) is 25.9 Å². The number of carbonyl (C=O) groups excluding carboxylic acids is 2. The molecule has 24 heavy (non-hydrogen) atoms. The van der Waals surface area contributed by atoms with Crippen LogP contribution >= 0.6 is 0 Å². The zero-order valence-electron chi connectivity index (χ0n) is 13.5. The summed E-state index contributed by atoms with van der Waals surface area (Å²) in [6.45, 7) is 1.46. The van der Waals surface area contributed by atoms with Crippen molar-refractivity contribution in [2.45, 2.75) is 13.1 Å². The van der Waals surface area contributed by atoms with Gasteiger partial charge in [-0.15, -0.1) is 0 Å². The quantitative estimate of drug-likeness (QED) is 0.671. The first-order valence-corrected chi connectivity index (χ1v) is 7.54. The Morgan fingerprint density at radius 3 is 2.75 bits per heavy atom. The van der Waals surface area contributed by atoms with Gasteiger partial charge < -0.3 is 20.7 Å². The van der Waals surface area contributed by atoms with Crippen LogP contribution in [0.25, 0.3) is 0 Å². The number of rotatable bonds is 8. The van der Waals surface area contributed by atoms with Crippen LogP contribution in [0.5, 0.6) is 0 Å². The van der Waals surface area contributed by atoms with E-state index >= 15 is 0 Å². The standard InChI is InChI=1S/C16H21N5O3/c1-24-8-7-21-12-13(10-19-21)9-17-16(23)18-11-15(22)20-14-5-3-2-4-6-14/h2-6,10,12H,7-9,11H2,1H3,(H,20,22)(H2,17,18,23). The molecule has 0 aliphatic heterocycles. The highest BCUT2D eigenvalue weighted by molar-refractivity contribution is 5.94. The third kappa shape index (κ3) is 6.09. The van der Waals surface area contributed by atoms with E-state index in [0.29, 0.717) is 25.4 Å². The number of hydrogen-bond acceptors (Lipinski definition) is 4. The second-order valence-electron chi connectivity index (χ2n) is 5.05. The molecule has 8 nitrogen and oxygen atoms in total. The van der Waals surface area contributed by atoms with Crippen molar-refractivity contribution in [3.63, 3.8) is 0 Å². The maximum atomic E-state index is 11.7. The maximum absolute atomic E-state index is 11.7. The highest BCUT2D eigenvalue weighted by Gasteiger charge is 2.06. The predicted octanol–water partition coefficient (Wildman–Crippen LogP) is 0.967. The van der Waals surface area contributed by atoms with E-state index in [1.165, 1.54) is 0 Å². The molecule has 128 valence electrons. The summed E-state index contributed by atoms with van der Waals surface area (Å²) in [5.74, 6) is -0.288. The summed E-state index contributed by atoms with van der Waals surface area (Å²) < 4.78 is 6.71. The molecule has 0 atom stereocenters. The van der Waals surface area contributed by atoms with Gasteiger partial charge in [-0.1, -0.05) is 18.2 Å². The lowest BCUT2D eigenvalue weighted by molar-refractivity contribution is -0.115. The summed E-state index contributed by atoms with van der Waals surface area (Å²) >= 11 is 0. The number of urea groups is 1. The lowest BCUT2D eigenvalue weighted by atomic mass is 10.3. The first-order valence-electron chi connectivity index (χ1n) is 7.54. The Labute approximate surface area is 140 Å². The van der Waals surface area contributed by atoms with Gasteiger partial charge in [0.15, 0.2) is 0 Å². The number of benzene rings is 1. The van der Waals surface area contributed by atoms with Gasteiger partial charge in [0.2, 0.25) is 5.91 Å². The van der Waals surface area contributed by atoms with Crippen molar-refractivity contribution in [3.05, 3.63) is 48.3 Å². The molecular formula is C16H21N5O3. The first-order chi connectivity index (χ1) is 11.7. The Morgan fingerprint density at radius 1 is 1.21 bits per heavy atom. The van der Waals surface area contributed by atoms with Crippen LogP contribution in [0.2, 0.25) is 0 Å². The summed E-state index contributed by atoms with van der Waals surface area (Å²) in [6.07, 6.45) is 3.51. The summed E-state index contributed by atoms with van der Waals surface area (Å²) in [6, 6.07) is 8.64. The highest BCUT2D eigenvalue weighted by Crippen LogP contribution is 2.03. The molecule has 1 aromatic carbocycles. The van der Waals surface area contributed by atoms with Crippen LogP contribution in [0.15, 0.2) is 42.7 Å². The largest absolute Gasteiger partial charge is 0.383 e. The number of nitrogens with zero attached hydrogens (tertiary/aromatic N) is 2. The molecule has 3 amide bonds. The SMILES string of the molecule is COCCn1cc(CNC(=O)NCC(=O)Nc2ccccc2)cn1. The molecule has 0 saturated heterocycles.